The topological polar surface area (TPSA) is 46.5 Å². The molecule has 112 valence electrons. The Balaban J connectivity index is 3.25. The summed E-state index contributed by atoms with van der Waals surface area (Å²) in [5, 5.41) is 10.9. The van der Waals surface area contributed by atoms with Gasteiger partial charge >= 0.3 is 5.97 Å². The summed E-state index contributed by atoms with van der Waals surface area (Å²) in [5.41, 5.74) is -1.22. The van der Waals surface area contributed by atoms with Gasteiger partial charge in [0.25, 0.3) is 0 Å². The third-order valence-electron chi connectivity index (χ3n) is 3.29. The van der Waals surface area contributed by atoms with Crippen LogP contribution in [0.3, 0.4) is 0 Å². The first-order valence-electron chi connectivity index (χ1n) is 6.56. The number of esters is 1. The first-order chi connectivity index (χ1) is 9.21. The molecule has 0 aliphatic rings. The Bertz CT molecular complexity index is 486. The zero-order chi connectivity index (χ0) is 15.5. The molecule has 20 heavy (non-hydrogen) atoms. The molecule has 0 heterocycles. The van der Waals surface area contributed by atoms with Crippen LogP contribution >= 0.6 is 11.6 Å². The lowest BCUT2D eigenvalue weighted by molar-refractivity contribution is -0.161. The molecule has 0 saturated heterocycles. The van der Waals surface area contributed by atoms with Crippen LogP contribution in [0.2, 0.25) is 5.02 Å². The largest absolute Gasteiger partial charge is 0.466 e. The molecular weight excluding hydrogens is 283 g/mol. The van der Waals surface area contributed by atoms with Crippen molar-refractivity contribution in [2.75, 3.05) is 6.61 Å². The maximum atomic E-state index is 13.1. The second-order valence-corrected chi connectivity index (χ2v) is 5.65. The zero-order valence-electron chi connectivity index (χ0n) is 12.1. The van der Waals surface area contributed by atoms with E-state index in [0.29, 0.717) is 5.56 Å². The summed E-state index contributed by atoms with van der Waals surface area (Å²) in [6.07, 6.45) is 0. The third-order valence-corrected chi connectivity index (χ3v) is 3.60. The van der Waals surface area contributed by atoms with Crippen LogP contribution in [0.1, 0.15) is 33.3 Å². The molecule has 1 N–H and O–H groups in total. The van der Waals surface area contributed by atoms with Gasteiger partial charge in [-0.2, -0.15) is 0 Å². The normalized spacial score (nSPS) is 15.8. The lowest BCUT2D eigenvalue weighted by Gasteiger charge is -2.34. The van der Waals surface area contributed by atoms with E-state index >= 15 is 0 Å². The molecule has 5 heteroatoms. The summed E-state index contributed by atoms with van der Waals surface area (Å²) >= 11 is 5.99. The van der Waals surface area contributed by atoms with Crippen LogP contribution in [0, 0.1) is 17.7 Å². The fraction of sp³-hybridized carbons (Fsp3) is 0.533. The van der Waals surface area contributed by atoms with Crippen LogP contribution in [-0.2, 0) is 15.1 Å². The van der Waals surface area contributed by atoms with Gasteiger partial charge in [0.05, 0.1) is 12.5 Å². The molecule has 0 radical (unpaired) electrons. The number of carbonyl (C=O) groups excluding carboxylic acids is 1. The lowest BCUT2D eigenvalue weighted by Crippen LogP contribution is -2.41. The Morgan fingerprint density at radius 1 is 1.50 bits per heavy atom. The predicted molar refractivity (Wildman–Crippen MR) is 75.9 cm³/mol. The van der Waals surface area contributed by atoms with Gasteiger partial charge in [0.1, 0.15) is 11.4 Å². The first kappa shape index (κ1) is 16.9. The molecule has 0 fully saturated rings. The molecule has 0 aliphatic carbocycles. The molecule has 0 amide bonds. The average molecular weight is 303 g/mol. The van der Waals surface area contributed by atoms with E-state index in [4.69, 9.17) is 16.3 Å². The van der Waals surface area contributed by atoms with Gasteiger partial charge < -0.3 is 9.84 Å². The number of carbonyl (C=O) groups is 1. The van der Waals surface area contributed by atoms with Gasteiger partial charge in [-0.15, -0.1) is 0 Å². The Kier molecular flexibility index (Phi) is 5.54. The molecule has 0 spiro atoms. The standard InChI is InChI=1S/C15H20ClFO3/c1-5-20-14(18)13(9(2)3)15(4,19)11-7-6-10(17)8-12(11)16/h6-9,13,19H,5H2,1-4H3. The highest BCUT2D eigenvalue weighted by molar-refractivity contribution is 6.31. The van der Waals surface area contributed by atoms with Gasteiger partial charge in [-0.25, -0.2) is 4.39 Å². The van der Waals surface area contributed by atoms with E-state index in [0.717, 1.165) is 6.07 Å². The molecule has 3 nitrogen and oxygen atoms in total. The minimum absolute atomic E-state index is 0.0879. The average Bonchev–Trinajstić information content (AvgIpc) is 2.27. The van der Waals surface area contributed by atoms with Gasteiger partial charge in [0.2, 0.25) is 0 Å². The van der Waals surface area contributed by atoms with Crippen LogP contribution in [0.25, 0.3) is 0 Å². The van der Waals surface area contributed by atoms with Gasteiger partial charge in [-0.1, -0.05) is 31.5 Å². The minimum atomic E-state index is -1.54. The van der Waals surface area contributed by atoms with E-state index in [1.807, 2.05) is 13.8 Å². The smallest absolute Gasteiger partial charge is 0.312 e. The van der Waals surface area contributed by atoms with Crippen molar-refractivity contribution in [2.24, 2.45) is 11.8 Å². The van der Waals surface area contributed by atoms with E-state index in [2.05, 4.69) is 0 Å². The second kappa shape index (κ2) is 6.55. The molecule has 1 aromatic carbocycles. The van der Waals surface area contributed by atoms with Crippen molar-refractivity contribution < 1.29 is 19.0 Å². The lowest BCUT2D eigenvalue weighted by atomic mass is 9.76. The Morgan fingerprint density at radius 2 is 2.10 bits per heavy atom. The van der Waals surface area contributed by atoms with Gasteiger partial charge in [-0.3, -0.25) is 4.79 Å². The van der Waals surface area contributed by atoms with Crippen molar-refractivity contribution in [2.45, 2.75) is 33.3 Å². The number of aliphatic hydroxyl groups is 1. The summed E-state index contributed by atoms with van der Waals surface area (Å²) in [5.74, 6) is -1.93. The molecule has 0 aliphatic heterocycles. The van der Waals surface area contributed by atoms with Crippen molar-refractivity contribution in [3.8, 4) is 0 Å². The highest BCUT2D eigenvalue weighted by Crippen LogP contribution is 2.38. The van der Waals surface area contributed by atoms with Gasteiger partial charge in [0.15, 0.2) is 0 Å². The van der Waals surface area contributed by atoms with E-state index < -0.39 is 23.3 Å². The molecule has 0 saturated carbocycles. The van der Waals surface area contributed by atoms with Crippen molar-refractivity contribution >= 4 is 17.6 Å². The number of ether oxygens (including phenoxy) is 1. The molecule has 1 aromatic rings. The number of hydrogen-bond donors (Lipinski definition) is 1. The number of halogens is 2. The zero-order valence-corrected chi connectivity index (χ0v) is 12.9. The van der Waals surface area contributed by atoms with Crippen molar-refractivity contribution in [1.29, 1.82) is 0 Å². The predicted octanol–water partition coefficient (Wildman–Crippen LogP) is 3.52. The van der Waals surface area contributed by atoms with Crippen molar-refractivity contribution in [3.63, 3.8) is 0 Å². The highest BCUT2D eigenvalue weighted by atomic mass is 35.5. The van der Waals surface area contributed by atoms with Crippen LogP contribution < -0.4 is 0 Å². The number of hydrogen-bond acceptors (Lipinski definition) is 3. The summed E-state index contributed by atoms with van der Waals surface area (Å²) < 4.78 is 18.1. The molecule has 0 aromatic heterocycles. The van der Waals surface area contributed by atoms with Crippen molar-refractivity contribution in [3.05, 3.63) is 34.6 Å². The van der Waals surface area contributed by atoms with Crippen LogP contribution in [0.5, 0.6) is 0 Å². The van der Waals surface area contributed by atoms with Crippen molar-refractivity contribution in [1.82, 2.24) is 0 Å². The summed E-state index contributed by atoms with van der Waals surface area (Å²) in [6, 6.07) is 3.72. The Morgan fingerprint density at radius 3 is 2.55 bits per heavy atom. The quantitative estimate of drug-likeness (QED) is 0.847. The highest BCUT2D eigenvalue weighted by Gasteiger charge is 2.43. The third kappa shape index (κ3) is 3.49. The maximum absolute atomic E-state index is 13.1. The van der Waals surface area contributed by atoms with Crippen LogP contribution in [0.4, 0.5) is 4.39 Å². The van der Waals surface area contributed by atoms with E-state index in [-0.39, 0.29) is 17.5 Å². The summed E-state index contributed by atoms with van der Waals surface area (Å²) in [4.78, 5) is 12.1. The Labute approximate surface area is 123 Å². The maximum Gasteiger partial charge on any atom is 0.312 e. The molecule has 1 rings (SSSR count). The fourth-order valence-corrected chi connectivity index (χ4v) is 2.81. The van der Waals surface area contributed by atoms with Gasteiger partial charge in [0, 0.05) is 10.6 Å². The summed E-state index contributed by atoms with van der Waals surface area (Å²) in [7, 11) is 0. The monoisotopic (exact) mass is 302 g/mol. The van der Waals surface area contributed by atoms with Crippen LogP contribution in [0.15, 0.2) is 18.2 Å². The fourth-order valence-electron chi connectivity index (χ4n) is 2.45. The number of benzene rings is 1. The SMILES string of the molecule is CCOC(=O)C(C(C)C)C(C)(O)c1ccc(F)cc1Cl. The van der Waals surface area contributed by atoms with Crippen LogP contribution in [-0.4, -0.2) is 17.7 Å². The molecule has 0 bridgehead atoms. The van der Waals surface area contributed by atoms with E-state index in [1.54, 1.807) is 6.92 Å². The van der Waals surface area contributed by atoms with E-state index in [1.165, 1.54) is 19.1 Å². The minimum Gasteiger partial charge on any atom is -0.466 e. The molecule has 2 unspecified atom stereocenters. The summed E-state index contributed by atoms with van der Waals surface area (Å²) in [6.45, 7) is 7.05. The second-order valence-electron chi connectivity index (χ2n) is 5.25. The Hall–Kier alpha value is -1.13. The molecular formula is C15H20ClFO3. The number of rotatable bonds is 5. The first-order valence-corrected chi connectivity index (χ1v) is 6.94. The van der Waals surface area contributed by atoms with E-state index in [9.17, 15) is 14.3 Å². The molecule has 2 atom stereocenters. The van der Waals surface area contributed by atoms with Gasteiger partial charge in [-0.05, 0) is 31.9 Å².